The van der Waals surface area contributed by atoms with E-state index in [1.807, 2.05) is 0 Å². The normalized spacial score (nSPS) is 12.3. The Bertz CT molecular complexity index is 1120. The predicted octanol–water partition coefficient (Wildman–Crippen LogP) is 3.88. The third-order valence-electron chi connectivity index (χ3n) is 3.53. The second-order valence-electron chi connectivity index (χ2n) is 5.49. The summed E-state index contributed by atoms with van der Waals surface area (Å²) in [5.74, 6) is -2.00. The Morgan fingerprint density at radius 3 is 1.41 bits per heavy atom. The molecule has 29 heavy (non-hydrogen) atoms. The molecule has 0 aliphatic carbocycles. The molecule has 0 saturated carbocycles. The molecule has 0 radical (unpaired) electrons. The molecule has 0 bridgehead atoms. The van der Waals surface area contributed by atoms with E-state index in [1.165, 1.54) is 24.3 Å². The Kier molecular flexibility index (Phi) is 6.59. The number of benzene rings is 2. The van der Waals surface area contributed by atoms with Crippen LogP contribution in [0.3, 0.4) is 0 Å². The van der Waals surface area contributed by atoms with Gasteiger partial charge in [0.05, 0.1) is 8.95 Å². The lowest BCUT2D eigenvalue weighted by Gasteiger charge is -2.06. The quantitative estimate of drug-likeness (QED) is 0.334. The zero-order valence-electron chi connectivity index (χ0n) is 14.1. The molecule has 0 aliphatic rings. The highest BCUT2D eigenvalue weighted by molar-refractivity contribution is 9.10. The van der Waals surface area contributed by atoms with Crippen LogP contribution < -0.4 is 0 Å². The highest BCUT2D eigenvalue weighted by Crippen LogP contribution is 2.37. The summed E-state index contributed by atoms with van der Waals surface area (Å²) >= 11 is 5.96. The van der Waals surface area contributed by atoms with Gasteiger partial charge < -0.3 is 20.4 Å². The molecule has 11 heteroatoms. The molecular formula is C18H10Br2N2O6S. The third kappa shape index (κ3) is 4.71. The van der Waals surface area contributed by atoms with Crippen LogP contribution in [0.1, 0.15) is 11.1 Å². The average Bonchev–Trinajstić information content (AvgIpc) is 2.65. The Morgan fingerprint density at radius 1 is 0.793 bits per heavy atom. The van der Waals surface area contributed by atoms with Crippen LogP contribution in [0, 0.1) is 22.7 Å². The van der Waals surface area contributed by atoms with E-state index in [0.717, 1.165) is 24.3 Å². The van der Waals surface area contributed by atoms with Gasteiger partial charge in [0.2, 0.25) is 9.84 Å². The molecular weight excluding hydrogens is 532 g/mol. The first-order valence-corrected chi connectivity index (χ1v) is 10.5. The average molecular weight is 542 g/mol. The number of sulfone groups is 1. The van der Waals surface area contributed by atoms with Crippen LogP contribution in [0.2, 0.25) is 0 Å². The first-order valence-electron chi connectivity index (χ1n) is 7.43. The van der Waals surface area contributed by atoms with Gasteiger partial charge in [-0.1, -0.05) is 0 Å². The number of allylic oxidation sites excluding steroid dienone is 2. The molecule has 8 nitrogen and oxygen atoms in total. The number of phenols is 4. The Hall–Kier alpha value is -2.99. The molecule has 0 atom stereocenters. The molecule has 0 aliphatic heterocycles. The number of halogens is 2. The fourth-order valence-corrected chi connectivity index (χ4v) is 4.13. The van der Waals surface area contributed by atoms with Crippen molar-refractivity contribution in [1.29, 1.82) is 10.5 Å². The van der Waals surface area contributed by atoms with Crippen molar-refractivity contribution in [1.82, 2.24) is 0 Å². The maximum absolute atomic E-state index is 12.7. The number of phenolic OH excluding ortho intramolecular Hbond substituents is 4. The minimum Gasteiger partial charge on any atom is -0.504 e. The smallest absolute Gasteiger partial charge is 0.226 e. The Labute approximate surface area is 182 Å². The number of aromatic hydroxyl groups is 4. The molecule has 0 spiro atoms. The Morgan fingerprint density at radius 2 is 1.14 bits per heavy atom. The molecule has 148 valence electrons. The first-order chi connectivity index (χ1) is 13.5. The van der Waals surface area contributed by atoms with Crippen LogP contribution >= 0.6 is 31.9 Å². The zero-order chi connectivity index (χ0) is 21.9. The standard InChI is InChI=1S/C18H10Br2N2O6S/c19-13-3-9(5-15(23)17(13)25)1-11(7-21)29(27,28)12(8-22)2-10-4-14(20)18(26)16(24)6-10/h1-6,23-26H/b11-1+,12-2?. The summed E-state index contributed by atoms with van der Waals surface area (Å²) in [4.78, 5) is -1.58. The van der Waals surface area contributed by atoms with Gasteiger partial charge >= 0.3 is 0 Å². The molecule has 2 aromatic carbocycles. The van der Waals surface area contributed by atoms with Crippen molar-refractivity contribution in [3.8, 4) is 35.1 Å². The maximum Gasteiger partial charge on any atom is 0.226 e. The molecule has 2 rings (SSSR count). The summed E-state index contributed by atoms with van der Waals surface area (Å²) in [6.45, 7) is 0. The summed E-state index contributed by atoms with van der Waals surface area (Å²) in [6, 6.07) is 7.62. The highest BCUT2D eigenvalue weighted by atomic mass is 79.9. The molecule has 0 aromatic heterocycles. The second kappa shape index (κ2) is 8.57. The largest absolute Gasteiger partial charge is 0.504 e. The summed E-state index contributed by atoms with van der Waals surface area (Å²) < 4.78 is 25.6. The van der Waals surface area contributed by atoms with Gasteiger partial charge in [-0.3, -0.25) is 0 Å². The van der Waals surface area contributed by atoms with E-state index < -0.39 is 42.6 Å². The monoisotopic (exact) mass is 540 g/mol. The van der Waals surface area contributed by atoms with Crippen LogP contribution in [-0.4, -0.2) is 28.8 Å². The van der Waals surface area contributed by atoms with E-state index in [0.29, 0.717) is 0 Å². The fourth-order valence-electron chi connectivity index (χ4n) is 2.14. The highest BCUT2D eigenvalue weighted by Gasteiger charge is 2.24. The molecule has 2 aromatic rings. The van der Waals surface area contributed by atoms with Crippen molar-refractivity contribution in [3.05, 3.63) is 54.1 Å². The number of nitrogens with zero attached hydrogens (tertiary/aromatic N) is 2. The Balaban J connectivity index is 2.61. The number of rotatable bonds is 4. The van der Waals surface area contributed by atoms with Gasteiger partial charge in [0.15, 0.2) is 32.8 Å². The van der Waals surface area contributed by atoms with Crippen LogP contribution in [-0.2, 0) is 9.84 Å². The molecule has 0 fully saturated rings. The lowest BCUT2D eigenvalue weighted by Crippen LogP contribution is -2.05. The third-order valence-corrected chi connectivity index (χ3v) is 6.31. The second-order valence-corrected chi connectivity index (χ2v) is 9.08. The van der Waals surface area contributed by atoms with Gasteiger partial charge in [0.1, 0.15) is 12.1 Å². The van der Waals surface area contributed by atoms with E-state index in [-0.39, 0.29) is 20.1 Å². The SMILES string of the molecule is N#CC(=Cc1cc(O)c(O)c(Br)c1)S(=O)(=O)/C(C#N)=C/c1cc(O)c(O)c(Br)c1. The van der Waals surface area contributed by atoms with Crippen molar-refractivity contribution >= 4 is 53.8 Å². The van der Waals surface area contributed by atoms with Crippen LogP contribution in [0.4, 0.5) is 0 Å². The summed E-state index contributed by atoms with van der Waals surface area (Å²) in [5, 5.41) is 57.0. The van der Waals surface area contributed by atoms with Crippen molar-refractivity contribution in [3.63, 3.8) is 0 Å². The lowest BCUT2D eigenvalue weighted by atomic mass is 10.2. The van der Waals surface area contributed by atoms with E-state index in [4.69, 9.17) is 0 Å². The number of hydrogen-bond acceptors (Lipinski definition) is 8. The maximum atomic E-state index is 12.7. The zero-order valence-corrected chi connectivity index (χ0v) is 18.1. The summed E-state index contributed by atoms with van der Waals surface area (Å²) in [7, 11) is -4.55. The predicted molar refractivity (Wildman–Crippen MR) is 111 cm³/mol. The lowest BCUT2D eigenvalue weighted by molar-refractivity contribution is 0.401. The van der Waals surface area contributed by atoms with Gasteiger partial charge in [0, 0.05) is 0 Å². The molecule has 4 N–H and O–H groups in total. The first kappa shape index (κ1) is 22.3. The van der Waals surface area contributed by atoms with E-state index in [1.54, 1.807) is 0 Å². The van der Waals surface area contributed by atoms with Crippen LogP contribution in [0.15, 0.2) is 43.0 Å². The van der Waals surface area contributed by atoms with E-state index in [2.05, 4.69) is 31.9 Å². The molecule has 0 unspecified atom stereocenters. The minimum atomic E-state index is -4.55. The van der Waals surface area contributed by atoms with Crippen LogP contribution in [0.5, 0.6) is 23.0 Å². The number of nitriles is 2. The van der Waals surface area contributed by atoms with Crippen molar-refractivity contribution in [2.45, 2.75) is 0 Å². The minimum absolute atomic E-state index is 0.0684. The molecule has 0 saturated heterocycles. The summed E-state index contributed by atoms with van der Waals surface area (Å²) in [6.07, 6.45) is 1.85. The van der Waals surface area contributed by atoms with Gasteiger partial charge in [-0.25, -0.2) is 8.42 Å². The van der Waals surface area contributed by atoms with E-state index >= 15 is 0 Å². The van der Waals surface area contributed by atoms with Crippen molar-refractivity contribution in [2.75, 3.05) is 0 Å². The van der Waals surface area contributed by atoms with E-state index in [9.17, 15) is 39.4 Å². The molecule has 0 amide bonds. The topological polar surface area (TPSA) is 163 Å². The number of hydrogen-bond donors (Lipinski definition) is 4. The van der Waals surface area contributed by atoms with Gasteiger partial charge in [0.25, 0.3) is 0 Å². The fraction of sp³-hybridized carbons (Fsp3) is 0. The molecule has 0 heterocycles. The van der Waals surface area contributed by atoms with Crippen molar-refractivity contribution in [2.24, 2.45) is 0 Å². The van der Waals surface area contributed by atoms with Gasteiger partial charge in [-0.2, -0.15) is 10.5 Å². The van der Waals surface area contributed by atoms with Crippen molar-refractivity contribution < 1.29 is 28.8 Å². The van der Waals surface area contributed by atoms with Gasteiger partial charge in [-0.15, -0.1) is 0 Å². The van der Waals surface area contributed by atoms with Crippen LogP contribution in [0.25, 0.3) is 12.2 Å². The van der Waals surface area contributed by atoms with Gasteiger partial charge in [-0.05, 0) is 79.4 Å². The summed E-state index contributed by atoms with van der Waals surface area (Å²) in [5.41, 5.74) is 0.157.